The van der Waals surface area contributed by atoms with Gasteiger partial charge >= 0.3 is 6.01 Å². The van der Waals surface area contributed by atoms with Crippen LogP contribution in [0.2, 0.25) is 0 Å². The molecule has 63 heavy (non-hydrogen) atoms. The summed E-state index contributed by atoms with van der Waals surface area (Å²) in [5, 5.41) is 45.4. The van der Waals surface area contributed by atoms with Crippen LogP contribution in [0, 0.1) is 5.92 Å². The fraction of sp³-hybridized carbons (Fsp3) is 0.273. The van der Waals surface area contributed by atoms with Crippen LogP contribution in [0.3, 0.4) is 0 Å². The van der Waals surface area contributed by atoms with E-state index in [4.69, 9.17) is 4.74 Å². The number of amides is 2. The lowest BCUT2D eigenvalue weighted by molar-refractivity contribution is -0.125. The molecule has 2 amide bonds. The molecule has 19 heteroatoms. The number of carbonyl (C=O) groups is 2. The largest absolute Gasteiger partial charge is 0.508 e. The number of piperidine rings is 1. The van der Waals surface area contributed by atoms with Crippen LogP contribution >= 0.6 is 0 Å². The number of para-hydroxylation sites is 1. The average Bonchev–Trinajstić information content (AvgIpc) is 3.62. The zero-order valence-electron chi connectivity index (χ0n) is 35.0. The van der Waals surface area contributed by atoms with Crippen molar-refractivity contribution < 1.29 is 38.1 Å². The maximum Gasteiger partial charge on any atom is 0.319 e. The Bertz CT molecular complexity index is 2830. The lowest BCUT2D eigenvalue weighted by atomic mass is 9.95. The first-order valence-corrected chi connectivity index (χ1v) is 22.2. The van der Waals surface area contributed by atoms with E-state index in [1.165, 1.54) is 21.7 Å². The molecule has 0 unspecified atom stereocenters. The minimum absolute atomic E-state index is 0.0222. The van der Waals surface area contributed by atoms with E-state index >= 15 is 0 Å². The third-order valence-corrected chi connectivity index (χ3v) is 12.2. The number of hydrogen-bond donors (Lipinski definition) is 5. The molecule has 4 heterocycles. The van der Waals surface area contributed by atoms with Gasteiger partial charge in [0, 0.05) is 50.4 Å². The van der Waals surface area contributed by atoms with Crippen LogP contribution in [0.1, 0.15) is 48.2 Å². The van der Waals surface area contributed by atoms with Gasteiger partial charge in [-0.25, -0.2) is 22.3 Å². The van der Waals surface area contributed by atoms with Gasteiger partial charge in [-0.15, -0.1) is 5.10 Å². The van der Waals surface area contributed by atoms with Crippen LogP contribution in [-0.4, -0.2) is 93.3 Å². The molecule has 8 rings (SSSR count). The zero-order chi connectivity index (χ0) is 44.6. The van der Waals surface area contributed by atoms with E-state index in [2.05, 4.69) is 35.7 Å². The first kappa shape index (κ1) is 42.3. The van der Waals surface area contributed by atoms with E-state index in [0.29, 0.717) is 73.8 Å². The molecular formula is C44H46N10O8S. The first-order valence-electron chi connectivity index (χ1n) is 20.4. The number of nitrogens with one attached hydrogen (secondary N) is 2. The van der Waals surface area contributed by atoms with Gasteiger partial charge in [-0.3, -0.25) is 9.59 Å². The van der Waals surface area contributed by atoms with E-state index < -0.39 is 15.9 Å². The SMILES string of the molecule is CCOc1cc(N2CCC(C(=O)NCc3ccc(-n4c(O)nnc4-c4cc(CC)c(O)cc4O)cc3)CC2)ccc1Nc1ncc2c(n1)N(S(C)(=O)=O)c1ccccc1C(=O)N2C. The van der Waals surface area contributed by atoms with E-state index in [1.807, 2.05) is 44.2 Å². The molecule has 6 aromatic rings. The molecule has 0 radical (unpaired) electrons. The van der Waals surface area contributed by atoms with E-state index in [9.17, 15) is 33.3 Å². The highest BCUT2D eigenvalue weighted by molar-refractivity contribution is 7.92. The Morgan fingerprint density at radius 2 is 1.62 bits per heavy atom. The summed E-state index contributed by atoms with van der Waals surface area (Å²) in [4.78, 5) is 39.3. The number of fused-ring (bicyclic) bond motifs is 2. The number of hydrogen-bond acceptors (Lipinski definition) is 14. The van der Waals surface area contributed by atoms with Gasteiger partial charge in [-0.2, -0.15) is 4.98 Å². The van der Waals surface area contributed by atoms with Crippen molar-refractivity contribution >= 4 is 56.4 Å². The minimum atomic E-state index is -3.94. The number of benzene rings is 4. The Kier molecular flexibility index (Phi) is 11.5. The maximum absolute atomic E-state index is 13.3. The number of aryl methyl sites for hydroxylation is 1. The number of carbonyl (C=O) groups excluding carboxylic acids is 2. The number of aromatic nitrogens is 5. The highest BCUT2D eigenvalue weighted by atomic mass is 32.2. The summed E-state index contributed by atoms with van der Waals surface area (Å²) >= 11 is 0. The molecule has 18 nitrogen and oxygen atoms in total. The van der Waals surface area contributed by atoms with Gasteiger partial charge in [0.15, 0.2) is 11.6 Å². The molecule has 2 aliphatic heterocycles. The maximum atomic E-state index is 13.3. The predicted molar refractivity (Wildman–Crippen MR) is 237 cm³/mol. The number of phenolic OH excluding ortho intramolecular Hbond substituents is 2. The van der Waals surface area contributed by atoms with Gasteiger partial charge < -0.3 is 40.5 Å². The third-order valence-electron chi connectivity index (χ3n) is 11.2. The fourth-order valence-electron chi connectivity index (χ4n) is 7.86. The Balaban J connectivity index is 0.910. The Morgan fingerprint density at radius 3 is 2.33 bits per heavy atom. The van der Waals surface area contributed by atoms with Crippen molar-refractivity contribution in [1.82, 2.24) is 30.0 Å². The van der Waals surface area contributed by atoms with Crippen molar-refractivity contribution in [3.8, 4) is 40.3 Å². The Labute approximate surface area is 363 Å². The second-order valence-electron chi connectivity index (χ2n) is 15.2. The van der Waals surface area contributed by atoms with Gasteiger partial charge in [0.2, 0.25) is 21.9 Å². The molecule has 1 saturated heterocycles. The number of phenols is 2. The van der Waals surface area contributed by atoms with Crippen molar-refractivity contribution in [2.24, 2.45) is 5.92 Å². The normalized spacial score (nSPS) is 14.2. The summed E-state index contributed by atoms with van der Waals surface area (Å²) in [6.45, 7) is 5.68. The van der Waals surface area contributed by atoms with Crippen molar-refractivity contribution in [2.45, 2.75) is 39.7 Å². The summed E-state index contributed by atoms with van der Waals surface area (Å²) < 4.78 is 34.9. The molecule has 0 saturated carbocycles. The number of nitrogens with zero attached hydrogens (tertiary/aromatic N) is 8. The number of rotatable bonds is 12. The van der Waals surface area contributed by atoms with Gasteiger partial charge in [0.05, 0.1) is 47.2 Å². The summed E-state index contributed by atoms with van der Waals surface area (Å²) in [5.74, 6) is -0.0163. The van der Waals surface area contributed by atoms with E-state index in [1.54, 1.807) is 49.5 Å². The number of anilines is 6. The molecule has 0 aliphatic carbocycles. The van der Waals surface area contributed by atoms with Crippen LogP contribution in [-0.2, 0) is 27.8 Å². The van der Waals surface area contributed by atoms with Crippen LogP contribution in [0.5, 0.6) is 23.3 Å². The van der Waals surface area contributed by atoms with Crippen molar-refractivity contribution in [3.63, 3.8) is 0 Å². The highest BCUT2D eigenvalue weighted by Gasteiger charge is 2.35. The monoisotopic (exact) mass is 874 g/mol. The molecule has 326 valence electrons. The summed E-state index contributed by atoms with van der Waals surface area (Å²) in [7, 11) is -2.39. The molecule has 0 spiro atoms. The second kappa shape index (κ2) is 17.2. The van der Waals surface area contributed by atoms with Crippen molar-refractivity contribution in [2.75, 3.05) is 52.4 Å². The molecule has 5 N–H and O–H groups in total. The van der Waals surface area contributed by atoms with E-state index in [0.717, 1.165) is 21.8 Å². The quantitative estimate of drug-likeness (QED) is 0.0985. The lowest BCUT2D eigenvalue weighted by Crippen LogP contribution is -2.40. The number of ether oxygens (including phenoxy) is 1. The highest BCUT2D eigenvalue weighted by Crippen LogP contribution is 2.42. The summed E-state index contributed by atoms with van der Waals surface area (Å²) in [5.41, 5.74) is 4.37. The summed E-state index contributed by atoms with van der Waals surface area (Å²) in [6.07, 6.45) is 4.26. The minimum Gasteiger partial charge on any atom is -0.508 e. The third kappa shape index (κ3) is 8.33. The second-order valence-corrected chi connectivity index (χ2v) is 17.0. The lowest BCUT2D eigenvalue weighted by Gasteiger charge is -2.33. The van der Waals surface area contributed by atoms with Gasteiger partial charge in [0.25, 0.3) is 5.91 Å². The molecular weight excluding hydrogens is 829 g/mol. The van der Waals surface area contributed by atoms with Crippen LogP contribution < -0.4 is 29.5 Å². The van der Waals surface area contributed by atoms with Gasteiger partial charge in [-0.1, -0.05) is 36.3 Å². The number of aromatic hydroxyl groups is 3. The van der Waals surface area contributed by atoms with E-state index in [-0.39, 0.29) is 63.9 Å². The Hall–Kier alpha value is -7.41. The molecule has 4 aromatic carbocycles. The van der Waals surface area contributed by atoms with Gasteiger partial charge in [0.1, 0.15) is 22.9 Å². The molecule has 0 bridgehead atoms. The molecule has 2 aromatic heterocycles. The topological polar surface area (TPSA) is 228 Å². The first-order chi connectivity index (χ1) is 30.2. The Morgan fingerprint density at radius 1 is 0.889 bits per heavy atom. The zero-order valence-corrected chi connectivity index (χ0v) is 35.8. The number of sulfonamides is 1. The summed E-state index contributed by atoms with van der Waals surface area (Å²) in [6, 6.07) is 21.8. The van der Waals surface area contributed by atoms with Crippen LogP contribution in [0.25, 0.3) is 17.1 Å². The van der Waals surface area contributed by atoms with Gasteiger partial charge in [-0.05, 0) is 79.8 Å². The van der Waals surface area contributed by atoms with Crippen molar-refractivity contribution in [3.05, 3.63) is 102 Å². The average molecular weight is 875 g/mol. The molecule has 0 atom stereocenters. The fourth-order valence-corrected chi connectivity index (χ4v) is 8.82. The standard InChI is InChI=1S/C44H46N10O8S/c1-5-27-21-32(37(56)23-36(27)55)39-49-50-44(59)53(39)29-13-11-26(12-14-29)24-45-41(57)28-17-19-52(20-18-28)30-15-16-33(38(22-30)62-6-2)47-43-46-25-35-40(48-43)54(63(4,60)61)34-10-8-7-9-31(34)42(58)51(35)3/h7-16,21-23,25,28,55-56H,5-6,17-20,24H2,1-4H3,(H,45,57)(H,50,59)(H,46,47,48). The molecule has 1 fully saturated rings. The smallest absolute Gasteiger partial charge is 0.319 e. The predicted octanol–water partition coefficient (Wildman–Crippen LogP) is 5.77. The van der Waals surface area contributed by atoms with Crippen LogP contribution in [0.15, 0.2) is 85.1 Å². The molecule has 2 aliphatic rings. The van der Waals surface area contributed by atoms with Crippen LogP contribution in [0.4, 0.5) is 34.5 Å². The van der Waals surface area contributed by atoms with Crippen molar-refractivity contribution in [1.29, 1.82) is 0 Å².